The third-order valence-corrected chi connectivity index (χ3v) is 4.36. The van der Waals surface area contributed by atoms with Gasteiger partial charge in [-0.2, -0.15) is 0 Å². The first kappa shape index (κ1) is 17.6. The number of hydrogen-bond donors (Lipinski definition) is 2. The number of aliphatic imine (C=N–C) groups is 1. The van der Waals surface area contributed by atoms with E-state index in [1.54, 1.807) is 13.2 Å². The third kappa shape index (κ3) is 6.47. The number of hydrogen-bond acceptors (Lipinski definition) is 3. The first-order valence-electron chi connectivity index (χ1n) is 8.77. The Hall–Kier alpha value is -1.78. The SMILES string of the molecule is CCC(CC)CNC(=NC)NCc1ccnc(OCC2CC2)c1. The van der Waals surface area contributed by atoms with Gasteiger partial charge in [0, 0.05) is 32.4 Å². The maximum absolute atomic E-state index is 5.73. The third-order valence-electron chi connectivity index (χ3n) is 4.36. The van der Waals surface area contributed by atoms with Crippen LogP contribution in [0.2, 0.25) is 0 Å². The fraction of sp³-hybridized carbons (Fsp3) is 0.667. The summed E-state index contributed by atoms with van der Waals surface area (Å²) in [6, 6.07) is 4.01. The van der Waals surface area contributed by atoms with Crippen LogP contribution in [0.25, 0.3) is 0 Å². The molecule has 1 saturated carbocycles. The van der Waals surface area contributed by atoms with Crippen molar-refractivity contribution in [2.45, 2.75) is 46.1 Å². The maximum Gasteiger partial charge on any atom is 0.213 e. The molecule has 1 aliphatic rings. The van der Waals surface area contributed by atoms with Crippen LogP contribution in [0.1, 0.15) is 45.1 Å². The maximum atomic E-state index is 5.73. The highest BCUT2D eigenvalue weighted by atomic mass is 16.5. The average Bonchev–Trinajstić information content (AvgIpc) is 3.41. The highest BCUT2D eigenvalue weighted by Crippen LogP contribution is 2.29. The van der Waals surface area contributed by atoms with Crippen molar-refractivity contribution in [1.82, 2.24) is 15.6 Å². The normalized spacial score (nSPS) is 14.9. The van der Waals surface area contributed by atoms with E-state index in [9.17, 15) is 0 Å². The van der Waals surface area contributed by atoms with Gasteiger partial charge in [-0.25, -0.2) is 4.98 Å². The Labute approximate surface area is 139 Å². The lowest BCUT2D eigenvalue weighted by Gasteiger charge is -2.16. The van der Waals surface area contributed by atoms with Gasteiger partial charge in [-0.05, 0) is 36.3 Å². The quantitative estimate of drug-likeness (QED) is 0.543. The molecule has 0 spiro atoms. The summed E-state index contributed by atoms with van der Waals surface area (Å²) >= 11 is 0. The Morgan fingerprint density at radius 2 is 2.13 bits per heavy atom. The second kappa shape index (κ2) is 9.38. The monoisotopic (exact) mass is 318 g/mol. The highest BCUT2D eigenvalue weighted by molar-refractivity contribution is 5.79. The summed E-state index contributed by atoms with van der Waals surface area (Å²) in [5.41, 5.74) is 1.15. The summed E-state index contributed by atoms with van der Waals surface area (Å²) in [4.78, 5) is 8.55. The van der Waals surface area contributed by atoms with Crippen molar-refractivity contribution < 1.29 is 4.74 Å². The van der Waals surface area contributed by atoms with E-state index in [1.165, 1.54) is 25.7 Å². The number of pyridine rings is 1. The highest BCUT2D eigenvalue weighted by Gasteiger charge is 2.22. The van der Waals surface area contributed by atoms with Gasteiger partial charge >= 0.3 is 0 Å². The second-order valence-electron chi connectivity index (χ2n) is 6.25. The molecule has 0 bridgehead atoms. The minimum atomic E-state index is 0.692. The molecule has 1 heterocycles. The summed E-state index contributed by atoms with van der Waals surface area (Å²) in [7, 11) is 1.80. The van der Waals surface area contributed by atoms with Crippen molar-refractivity contribution in [3.8, 4) is 5.88 Å². The standard InChI is InChI=1S/C18H30N4O/c1-4-14(5-2)11-21-18(19-3)22-12-16-8-9-20-17(10-16)23-13-15-6-7-15/h8-10,14-15H,4-7,11-13H2,1-3H3,(H2,19,21,22). The molecule has 0 aliphatic heterocycles. The Morgan fingerprint density at radius 1 is 1.35 bits per heavy atom. The predicted octanol–water partition coefficient (Wildman–Crippen LogP) is 2.97. The Morgan fingerprint density at radius 3 is 2.78 bits per heavy atom. The number of ether oxygens (including phenoxy) is 1. The van der Waals surface area contributed by atoms with E-state index in [2.05, 4.69) is 34.5 Å². The number of guanidine groups is 1. The molecule has 1 fully saturated rings. The fourth-order valence-electron chi connectivity index (χ4n) is 2.35. The predicted molar refractivity (Wildman–Crippen MR) is 94.7 cm³/mol. The Kier molecular flexibility index (Phi) is 7.17. The lowest BCUT2D eigenvalue weighted by atomic mass is 10.0. The summed E-state index contributed by atoms with van der Waals surface area (Å²) in [6.07, 6.45) is 6.76. The van der Waals surface area contributed by atoms with Crippen molar-refractivity contribution in [3.63, 3.8) is 0 Å². The van der Waals surface area contributed by atoms with Gasteiger partial charge in [-0.1, -0.05) is 26.7 Å². The molecule has 0 atom stereocenters. The van der Waals surface area contributed by atoms with Gasteiger partial charge < -0.3 is 15.4 Å². The van der Waals surface area contributed by atoms with Gasteiger partial charge in [0.25, 0.3) is 0 Å². The molecule has 0 saturated heterocycles. The van der Waals surface area contributed by atoms with Crippen LogP contribution in [0.3, 0.4) is 0 Å². The first-order chi connectivity index (χ1) is 11.2. The summed E-state index contributed by atoms with van der Waals surface area (Å²) in [6.45, 7) is 6.92. The molecule has 1 aromatic heterocycles. The molecule has 2 N–H and O–H groups in total. The molecule has 1 aromatic rings. The molecule has 23 heavy (non-hydrogen) atoms. The van der Waals surface area contributed by atoms with Gasteiger partial charge in [0.15, 0.2) is 5.96 Å². The van der Waals surface area contributed by atoms with Crippen molar-refractivity contribution in [1.29, 1.82) is 0 Å². The first-order valence-corrected chi connectivity index (χ1v) is 8.77. The fourth-order valence-corrected chi connectivity index (χ4v) is 2.35. The molecule has 5 heteroatoms. The van der Waals surface area contributed by atoms with Crippen molar-refractivity contribution in [2.24, 2.45) is 16.8 Å². The van der Waals surface area contributed by atoms with Crippen molar-refractivity contribution in [3.05, 3.63) is 23.9 Å². The van der Waals surface area contributed by atoms with Gasteiger partial charge in [0.2, 0.25) is 5.88 Å². The topological polar surface area (TPSA) is 58.5 Å². The second-order valence-corrected chi connectivity index (χ2v) is 6.25. The summed E-state index contributed by atoms with van der Waals surface area (Å²) in [5, 5.41) is 6.75. The van der Waals surface area contributed by atoms with Crippen LogP contribution in [0.4, 0.5) is 0 Å². The summed E-state index contributed by atoms with van der Waals surface area (Å²) in [5.74, 6) is 2.99. The van der Waals surface area contributed by atoms with Crippen molar-refractivity contribution in [2.75, 3.05) is 20.2 Å². The number of nitrogens with one attached hydrogen (secondary N) is 2. The Balaban J connectivity index is 1.77. The number of nitrogens with zero attached hydrogens (tertiary/aromatic N) is 2. The van der Waals surface area contributed by atoms with E-state index in [0.29, 0.717) is 12.5 Å². The molecule has 1 aliphatic carbocycles. The zero-order valence-electron chi connectivity index (χ0n) is 14.6. The molecule has 0 radical (unpaired) electrons. The van der Waals surface area contributed by atoms with Crippen LogP contribution in [-0.2, 0) is 6.54 Å². The van der Waals surface area contributed by atoms with E-state index < -0.39 is 0 Å². The zero-order chi connectivity index (χ0) is 16.5. The van der Waals surface area contributed by atoms with Gasteiger partial charge in [0.1, 0.15) is 0 Å². The lowest BCUT2D eigenvalue weighted by Crippen LogP contribution is -2.39. The van der Waals surface area contributed by atoms with Gasteiger partial charge in [0.05, 0.1) is 6.61 Å². The smallest absolute Gasteiger partial charge is 0.213 e. The lowest BCUT2D eigenvalue weighted by molar-refractivity contribution is 0.288. The van der Waals surface area contributed by atoms with Crippen LogP contribution in [0.5, 0.6) is 5.88 Å². The van der Waals surface area contributed by atoms with E-state index in [-0.39, 0.29) is 0 Å². The minimum absolute atomic E-state index is 0.692. The Bertz CT molecular complexity index is 496. The van der Waals surface area contributed by atoms with E-state index >= 15 is 0 Å². The molecular formula is C18H30N4O. The number of rotatable bonds is 9. The van der Waals surface area contributed by atoms with Gasteiger partial charge in [-0.15, -0.1) is 0 Å². The molecule has 5 nitrogen and oxygen atoms in total. The van der Waals surface area contributed by atoms with E-state index in [4.69, 9.17) is 4.74 Å². The van der Waals surface area contributed by atoms with Crippen LogP contribution >= 0.6 is 0 Å². The molecule has 0 unspecified atom stereocenters. The van der Waals surface area contributed by atoms with Crippen LogP contribution in [0, 0.1) is 11.8 Å². The van der Waals surface area contributed by atoms with Gasteiger partial charge in [-0.3, -0.25) is 4.99 Å². The molecular weight excluding hydrogens is 288 g/mol. The average molecular weight is 318 g/mol. The molecule has 0 aromatic carbocycles. The van der Waals surface area contributed by atoms with Crippen LogP contribution in [0.15, 0.2) is 23.3 Å². The van der Waals surface area contributed by atoms with E-state index in [1.807, 2.05) is 12.1 Å². The van der Waals surface area contributed by atoms with Crippen molar-refractivity contribution >= 4 is 5.96 Å². The van der Waals surface area contributed by atoms with E-state index in [0.717, 1.165) is 36.5 Å². The minimum Gasteiger partial charge on any atom is -0.477 e. The number of aromatic nitrogens is 1. The zero-order valence-corrected chi connectivity index (χ0v) is 14.6. The molecule has 2 rings (SSSR count). The van der Waals surface area contributed by atoms with Crippen LogP contribution < -0.4 is 15.4 Å². The van der Waals surface area contributed by atoms with Crippen LogP contribution in [-0.4, -0.2) is 31.1 Å². The summed E-state index contributed by atoms with van der Waals surface area (Å²) < 4.78 is 5.73. The molecule has 0 amide bonds. The molecule has 128 valence electrons. The largest absolute Gasteiger partial charge is 0.477 e.